The van der Waals surface area contributed by atoms with E-state index in [1.165, 1.54) is 38.5 Å². The highest BCUT2D eigenvalue weighted by Gasteiger charge is 2.33. The van der Waals surface area contributed by atoms with Gasteiger partial charge in [-0.1, -0.05) is 25.7 Å². The summed E-state index contributed by atoms with van der Waals surface area (Å²) in [6, 6.07) is 1.43. The Morgan fingerprint density at radius 1 is 0.957 bits per heavy atom. The van der Waals surface area contributed by atoms with E-state index in [0.29, 0.717) is 18.5 Å². The number of carbonyl (C=O) groups excluding carboxylic acids is 2. The van der Waals surface area contributed by atoms with E-state index >= 15 is 0 Å². The Morgan fingerprint density at radius 2 is 1.61 bits per heavy atom. The lowest BCUT2D eigenvalue weighted by Gasteiger charge is -2.29. The molecule has 0 aromatic rings. The van der Waals surface area contributed by atoms with Gasteiger partial charge < -0.3 is 16.0 Å². The Kier molecular flexibility index (Phi) is 7.15. The maximum absolute atomic E-state index is 12.0. The fraction of sp³-hybridized carbons (Fsp3) is 0.882. The summed E-state index contributed by atoms with van der Waals surface area (Å²) >= 11 is 0. The van der Waals surface area contributed by atoms with E-state index in [-0.39, 0.29) is 36.8 Å². The van der Waals surface area contributed by atoms with Crippen molar-refractivity contribution >= 4 is 24.2 Å². The topological polar surface area (TPSA) is 70.2 Å². The molecule has 0 spiro atoms. The summed E-state index contributed by atoms with van der Waals surface area (Å²) in [5.41, 5.74) is 0. The highest BCUT2D eigenvalue weighted by atomic mass is 35.5. The van der Waals surface area contributed by atoms with Crippen LogP contribution in [0.1, 0.15) is 64.2 Å². The number of amides is 2. The van der Waals surface area contributed by atoms with Crippen LogP contribution in [0.15, 0.2) is 0 Å². The first kappa shape index (κ1) is 18.5. The standard InChI is InChI=1S/C17H29N3O2.ClH/c21-16(8-5-12-3-1-2-4-12)18-11-17(22)20-15-9-13-6-7-14(10-15)19-13;/h12-15,19H,1-11H2,(H,18,21)(H,20,22);1H. The average molecular weight is 344 g/mol. The zero-order valence-electron chi connectivity index (χ0n) is 13.8. The molecule has 2 bridgehead atoms. The molecule has 2 aliphatic heterocycles. The van der Waals surface area contributed by atoms with Gasteiger partial charge in [0.05, 0.1) is 6.54 Å². The number of nitrogens with one attached hydrogen (secondary N) is 3. The Labute approximate surface area is 145 Å². The van der Waals surface area contributed by atoms with Gasteiger partial charge in [0.1, 0.15) is 0 Å². The Bertz CT molecular complexity index is 401. The number of hydrogen-bond acceptors (Lipinski definition) is 3. The molecule has 3 fully saturated rings. The third-order valence-electron chi connectivity index (χ3n) is 5.54. The van der Waals surface area contributed by atoms with Crippen molar-refractivity contribution in [1.82, 2.24) is 16.0 Å². The number of piperidine rings is 1. The minimum atomic E-state index is -0.0412. The summed E-state index contributed by atoms with van der Waals surface area (Å²) in [6.07, 6.45) is 11.2. The lowest BCUT2D eigenvalue weighted by Crippen LogP contribution is -2.50. The molecule has 0 aromatic heterocycles. The summed E-state index contributed by atoms with van der Waals surface area (Å²) < 4.78 is 0. The zero-order valence-corrected chi connectivity index (χ0v) is 14.6. The number of hydrogen-bond donors (Lipinski definition) is 3. The van der Waals surface area contributed by atoms with E-state index in [9.17, 15) is 9.59 Å². The third-order valence-corrected chi connectivity index (χ3v) is 5.54. The first-order valence-corrected chi connectivity index (χ1v) is 9.01. The van der Waals surface area contributed by atoms with Crippen molar-refractivity contribution in [3.63, 3.8) is 0 Å². The molecule has 5 nitrogen and oxygen atoms in total. The molecule has 2 amide bonds. The van der Waals surface area contributed by atoms with Crippen molar-refractivity contribution in [1.29, 1.82) is 0 Å². The van der Waals surface area contributed by atoms with Crippen LogP contribution >= 0.6 is 12.4 Å². The molecule has 132 valence electrons. The second-order valence-electron chi connectivity index (χ2n) is 7.34. The van der Waals surface area contributed by atoms with E-state index < -0.39 is 0 Å². The van der Waals surface area contributed by atoms with Crippen LogP contribution in [-0.2, 0) is 9.59 Å². The zero-order chi connectivity index (χ0) is 15.4. The average Bonchev–Trinajstić information content (AvgIpc) is 3.13. The lowest BCUT2D eigenvalue weighted by molar-refractivity contribution is -0.126. The van der Waals surface area contributed by atoms with E-state index in [2.05, 4.69) is 16.0 Å². The molecule has 0 radical (unpaired) electrons. The van der Waals surface area contributed by atoms with Crippen molar-refractivity contribution in [2.24, 2.45) is 5.92 Å². The SMILES string of the molecule is Cl.O=C(CCC1CCCC1)NCC(=O)NC1CC2CCC(C1)N2. The molecule has 3 aliphatic rings. The molecule has 3 N–H and O–H groups in total. The summed E-state index contributed by atoms with van der Waals surface area (Å²) in [5.74, 6) is 0.706. The Balaban J connectivity index is 0.00000192. The molecule has 2 atom stereocenters. The molecular weight excluding hydrogens is 314 g/mol. The normalized spacial score (nSPS) is 29.8. The highest BCUT2D eigenvalue weighted by Crippen LogP contribution is 2.28. The van der Waals surface area contributed by atoms with Crippen molar-refractivity contribution in [3.8, 4) is 0 Å². The Hall–Kier alpha value is -0.810. The fourth-order valence-corrected chi connectivity index (χ4v) is 4.36. The van der Waals surface area contributed by atoms with Gasteiger partial charge in [-0.15, -0.1) is 12.4 Å². The van der Waals surface area contributed by atoms with Crippen LogP contribution in [-0.4, -0.2) is 36.5 Å². The maximum Gasteiger partial charge on any atom is 0.239 e. The summed E-state index contributed by atoms with van der Waals surface area (Å²) in [5, 5.41) is 9.41. The van der Waals surface area contributed by atoms with Crippen molar-refractivity contribution < 1.29 is 9.59 Å². The van der Waals surface area contributed by atoms with Crippen LogP contribution in [0, 0.1) is 5.92 Å². The number of fused-ring (bicyclic) bond motifs is 2. The summed E-state index contributed by atoms with van der Waals surface area (Å²) in [6.45, 7) is 0.128. The van der Waals surface area contributed by atoms with Crippen LogP contribution in [0.4, 0.5) is 0 Å². The molecule has 1 aliphatic carbocycles. The van der Waals surface area contributed by atoms with E-state index in [1.54, 1.807) is 0 Å². The van der Waals surface area contributed by atoms with E-state index in [4.69, 9.17) is 0 Å². The second-order valence-corrected chi connectivity index (χ2v) is 7.34. The molecule has 6 heteroatoms. The van der Waals surface area contributed by atoms with Gasteiger partial charge in [0.2, 0.25) is 11.8 Å². The van der Waals surface area contributed by atoms with E-state index in [0.717, 1.165) is 25.2 Å². The highest BCUT2D eigenvalue weighted by molar-refractivity contribution is 5.85. The first-order chi connectivity index (χ1) is 10.7. The maximum atomic E-state index is 12.0. The van der Waals surface area contributed by atoms with Gasteiger partial charge in [-0.25, -0.2) is 0 Å². The Morgan fingerprint density at radius 3 is 2.26 bits per heavy atom. The van der Waals surface area contributed by atoms with Crippen molar-refractivity contribution in [2.45, 2.75) is 82.3 Å². The van der Waals surface area contributed by atoms with Gasteiger partial charge in [-0.05, 0) is 38.0 Å². The summed E-state index contributed by atoms with van der Waals surface area (Å²) in [4.78, 5) is 23.8. The molecule has 2 heterocycles. The van der Waals surface area contributed by atoms with Gasteiger partial charge in [-0.2, -0.15) is 0 Å². The smallest absolute Gasteiger partial charge is 0.239 e. The van der Waals surface area contributed by atoms with Crippen LogP contribution in [0.25, 0.3) is 0 Å². The van der Waals surface area contributed by atoms with Gasteiger partial charge >= 0.3 is 0 Å². The minimum Gasteiger partial charge on any atom is -0.352 e. The largest absolute Gasteiger partial charge is 0.352 e. The molecule has 3 rings (SSSR count). The van der Waals surface area contributed by atoms with Gasteiger partial charge in [-0.3, -0.25) is 9.59 Å². The minimum absolute atomic E-state index is 0. The monoisotopic (exact) mass is 343 g/mol. The molecule has 2 saturated heterocycles. The fourth-order valence-electron chi connectivity index (χ4n) is 4.36. The molecule has 1 saturated carbocycles. The van der Waals surface area contributed by atoms with Gasteiger partial charge in [0, 0.05) is 24.5 Å². The van der Waals surface area contributed by atoms with Crippen molar-refractivity contribution in [3.05, 3.63) is 0 Å². The van der Waals surface area contributed by atoms with Crippen LogP contribution in [0.3, 0.4) is 0 Å². The number of halogens is 1. The molecule has 2 unspecified atom stereocenters. The molecular formula is C17H30ClN3O2. The van der Waals surface area contributed by atoms with Crippen LogP contribution in [0.2, 0.25) is 0 Å². The van der Waals surface area contributed by atoms with Gasteiger partial charge in [0.25, 0.3) is 0 Å². The molecule has 0 aromatic carbocycles. The third kappa shape index (κ3) is 5.64. The van der Waals surface area contributed by atoms with Crippen LogP contribution in [0.5, 0.6) is 0 Å². The second kappa shape index (κ2) is 8.88. The predicted octanol–water partition coefficient (Wildman–Crippen LogP) is 1.89. The first-order valence-electron chi connectivity index (χ1n) is 9.01. The lowest BCUT2D eigenvalue weighted by atomic mass is 10.00. The number of carbonyl (C=O) groups is 2. The van der Waals surface area contributed by atoms with Crippen LogP contribution < -0.4 is 16.0 Å². The van der Waals surface area contributed by atoms with Gasteiger partial charge in [0.15, 0.2) is 0 Å². The summed E-state index contributed by atoms with van der Waals surface area (Å²) in [7, 11) is 0. The van der Waals surface area contributed by atoms with E-state index in [1.807, 2.05) is 0 Å². The predicted molar refractivity (Wildman–Crippen MR) is 92.6 cm³/mol. The molecule has 23 heavy (non-hydrogen) atoms. The van der Waals surface area contributed by atoms with Crippen molar-refractivity contribution in [2.75, 3.05) is 6.54 Å². The number of rotatable bonds is 6. The quantitative estimate of drug-likeness (QED) is 0.689.